The zero-order valence-corrected chi connectivity index (χ0v) is 28.0. The van der Waals surface area contributed by atoms with E-state index in [1.54, 1.807) is 11.1 Å². The first-order valence-electron chi connectivity index (χ1n) is 16.1. The molecule has 226 valence electrons. The van der Waals surface area contributed by atoms with Crippen molar-refractivity contribution >= 4 is 0 Å². The number of nitrogens with zero attached hydrogens (tertiary/aromatic N) is 3. The number of hydrogen-bond acceptors (Lipinski definition) is 5. The fourth-order valence-corrected chi connectivity index (χ4v) is 11.1. The second kappa shape index (κ2) is 13.6. The van der Waals surface area contributed by atoms with E-state index in [2.05, 4.69) is 73.2 Å². The molecule has 5 nitrogen and oxygen atoms in total. The molecule has 2 heterocycles. The van der Waals surface area contributed by atoms with Crippen molar-refractivity contribution in [3.05, 3.63) is 58.7 Å². The average molecular weight is 672 g/mol. The first kappa shape index (κ1) is 31.2. The predicted octanol–water partition coefficient (Wildman–Crippen LogP) is 2.43. The number of rotatable bonds is 9. The third-order valence-corrected chi connectivity index (χ3v) is 14.0. The van der Waals surface area contributed by atoms with Crippen molar-refractivity contribution in [1.82, 2.24) is 15.1 Å². The number of likely N-dealkylation sites (tertiary alicyclic amines) is 2. The Morgan fingerprint density at radius 1 is 1.20 bits per heavy atom. The number of alkyl halides is 2. The van der Waals surface area contributed by atoms with Gasteiger partial charge in [-0.2, -0.15) is 0 Å². The topological polar surface area (TPSA) is 62.5 Å². The summed E-state index contributed by atoms with van der Waals surface area (Å²) >= 11 is 0.157. The Balaban J connectivity index is 1.44. The zero-order valence-electron chi connectivity index (χ0n) is 25.8. The molecule has 0 radical (unpaired) electrons. The molecular formula is C35H52IN4O-. The number of allylic oxidation sites excluding steroid dienone is 5. The summed E-state index contributed by atoms with van der Waals surface area (Å²) in [5.74, 6) is 1.35. The van der Waals surface area contributed by atoms with E-state index in [9.17, 15) is 10.4 Å². The Morgan fingerprint density at radius 3 is 2.66 bits per heavy atom. The molecule has 6 heteroatoms. The Labute approximate surface area is 259 Å². The molecular weight excluding hydrogens is 619 g/mol. The van der Waals surface area contributed by atoms with Gasteiger partial charge in [-0.05, 0) is 0 Å². The maximum atomic E-state index is 9.78. The van der Waals surface area contributed by atoms with Crippen LogP contribution in [0.1, 0.15) is 66.2 Å². The van der Waals surface area contributed by atoms with Crippen molar-refractivity contribution in [1.29, 1.82) is 5.26 Å². The van der Waals surface area contributed by atoms with Gasteiger partial charge in [0.2, 0.25) is 0 Å². The molecule has 3 aliphatic carbocycles. The van der Waals surface area contributed by atoms with Gasteiger partial charge in [0.25, 0.3) is 0 Å². The van der Waals surface area contributed by atoms with Crippen molar-refractivity contribution in [2.24, 2.45) is 23.2 Å². The molecule has 2 fully saturated rings. The Bertz CT molecular complexity index is 1140. The summed E-state index contributed by atoms with van der Waals surface area (Å²) in [6, 6.07) is 3.77. The predicted molar refractivity (Wildman–Crippen MR) is 165 cm³/mol. The molecule has 0 aromatic heterocycles. The van der Waals surface area contributed by atoms with Crippen LogP contribution in [0.15, 0.2) is 58.7 Å². The van der Waals surface area contributed by atoms with Crippen LogP contribution >= 0.6 is 0 Å². The van der Waals surface area contributed by atoms with Crippen LogP contribution in [0.3, 0.4) is 0 Å². The van der Waals surface area contributed by atoms with Crippen LogP contribution in [0, 0.1) is 34.5 Å². The van der Waals surface area contributed by atoms with E-state index in [1.165, 1.54) is 33.0 Å². The van der Waals surface area contributed by atoms with Crippen LogP contribution in [-0.2, 0) is 0 Å². The van der Waals surface area contributed by atoms with Gasteiger partial charge in [-0.25, -0.2) is 0 Å². The van der Waals surface area contributed by atoms with Crippen LogP contribution in [-0.4, -0.2) is 74.8 Å². The van der Waals surface area contributed by atoms with E-state index in [1.807, 2.05) is 0 Å². The third-order valence-electron chi connectivity index (χ3n) is 10.8. The summed E-state index contributed by atoms with van der Waals surface area (Å²) in [5, 5.41) is 22.5. The van der Waals surface area contributed by atoms with Gasteiger partial charge in [0, 0.05) is 12.6 Å². The molecule has 5 unspecified atom stereocenters. The van der Waals surface area contributed by atoms with Crippen molar-refractivity contribution in [3.63, 3.8) is 0 Å². The molecule has 41 heavy (non-hydrogen) atoms. The van der Waals surface area contributed by atoms with Crippen LogP contribution in [0.2, 0.25) is 0 Å². The normalized spacial score (nSPS) is 32.5. The minimum atomic E-state index is 0.113. The van der Waals surface area contributed by atoms with E-state index in [0.29, 0.717) is 42.4 Å². The number of hydrogen-bond donors (Lipinski definition) is 2. The number of nitrogens with one attached hydrogen (secondary N) is 1. The molecule has 2 N–H and O–H groups in total. The minimum absolute atomic E-state index is 0.113. The molecule has 5 aliphatic rings. The van der Waals surface area contributed by atoms with Gasteiger partial charge in [0.15, 0.2) is 0 Å². The maximum absolute atomic E-state index is 9.78. The monoisotopic (exact) mass is 671 g/mol. The summed E-state index contributed by atoms with van der Waals surface area (Å²) < 4.78 is 2.60. The number of halogens is 1. The van der Waals surface area contributed by atoms with Crippen molar-refractivity contribution < 1.29 is 26.3 Å². The molecule has 0 saturated carbocycles. The Hall–Kier alpha value is -1.24. The third kappa shape index (κ3) is 6.22. The van der Waals surface area contributed by atoms with Crippen LogP contribution in [0.4, 0.5) is 0 Å². The second-order valence-electron chi connectivity index (χ2n) is 13.3. The Morgan fingerprint density at radius 2 is 1.98 bits per heavy atom. The zero-order chi connectivity index (χ0) is 29.1. The quantitative estimate of drug-likeness (QED) is 0.171. The summed E-state index contributed by atoms with van der Waals surface area (Å²) in [4.78, 5) is 5.50. The number of piperidine rings is 1. The molecule has 5 rings (SSSR count). The molecule has 2 saturated heterocycles. The average Bonchev–Trinajstić information content (AvgIpc) is 3.16. The van der Waals surface area contributed by atoms with Gasteiger partial charge < -0.3 is 10.4 Å². The first-order chi connectivity index (χ1) is 19.8. The molecule has 0 aromatic carbocycles. The van der Waals surface area contributed by atoms with Crippen LogP contribution < -0.4 is 26.5 Å². The summed E-state index contributed by atoms with van der Waals surface area (Å²) in [6.07, 6.45) is 16.3. The summed E-state index contributed by atoms with van der Waals surface area (Å²) in [5.41, 5.74) is 6.97. The first-order valence-corrected chi connectivity index (χ1v) is 19.2. The van der Waals surface area contributed by atoms with E-state index in [4.69, 9.17) is 6.58 Å². The Kier molecular flexibility index (Phi) is 10.3. The van der Waals surface area contributed by atoms with Gasteiger partial charge >= 0.3 is 231 Å². The number of fused-ring (bicyclic) bond motifs is 3. The molecule has 0 spiro atoms. The summed E-state index contributed by atoms with van der Waals surface area (Å²) in [6.45, 7) is 18.9. The van der Waals surface area contributed by atoms with Crippen molar-refractivity contribution in [3.8, 4) is 6.07 Å². The van der Waals surface area contributed by atoms with Gasteiger partial charge in [0.1, 0.15) is 0 Å². The van der Waals surface area contributed by atoms with Crippen molar-refractivity contribution in [2.75, 3.05) is 41.8 Å². The van der Waals surface area contributed by atoms with E-state index in [0.717, 1.165) is 50.9 Å². The standard InChI is InChI=1S/C35H52IN4O/c1-6-13-36-23-40-17-12-30-34(28-9-8-25(22-37)19-33(28)40)24(3)29-20-26(7-2)32(21-31(29)35(30,4)5)39-15-10-27(11-16-39)38-14-18-41/h8-9,19-20,27-28,30,32-34,38,41H,3,6-7,10-18,21,23H2,1-2,4-5H3/q-1. The number of aliphatic hydroxyl groups is 1. The van der Waals surface area contributed by atoms with Gasteiger partial charge in [0.05, 0.1) is 6.61 Å². The van der Waals surface area contributed by atoms with E-state index >= 15 is 0 Å². The number of aliphatic hydroxyl groups excluding tert-OH is 1. The van der Waals surface area contributed by atoms with Gasteiger partial charge in [-0.3, -0.25) is 0 Å². The molecule has 5 atom stereocenters. The fraction of sp³-hybridized carbons (Fsp3) is 0.686. The number of nitriles is 1. The van der Waals surface area contributed by atoms with Crippen molar-refractivity contribution in [2.45, 2.75) is 84.3 Å². The summed E-state index contributed by atoms with van der Waals surface area (Å²) in [7, 11) is 0. The van der Waals surface area contributed by atoms with Gasteiger partial charge in [-0.1, -0.05) is 0 Å². The molecule has 0 bridgehead atoms. The van der Waals surface area contributed by atoms with Gasteiger partial charge in [-0.15, -0.1) is 0 Å². The molecule has 2 aliphatic heterocycles. The molecule has 0 aromatic rings. The van der Waals surface area contributed by atoms with E-state index in [-0.39, 0.29) is 33.2 Å². The molecule has 0 amide bonds. The van der Waals surface area contributed by atoms with E-state index < -0.39 is 0 Å². The van der Waals surface area contributed by atoms with Crippen LogP contribution in [0.5, 0.6) is 0 Å². The van der Waals surface area contributed by atoms with Crippen LogP contribution in [0.25, 0.3) is 0 Å². The SMILES string of the molecule is C=C1C2=C(CC(N3CCC(NCCO)CC3)C(CC)=C2)C(C)(C)C2CCN(C[I-]CCC)C3C=C(C#N)C=CC3C12. The fourth-order valence-electron chi connectivity index (χ4n) is 8.55. The second-order valence-corrected chi connectivity index (χ2v) is 16.2.